The van der Waals surface area contributed by atoms with Gasteiger partial charge in [0.05, 0.1) is 10.6 Å². The molecule has 1 aliphatic rings. The number of hydrogen-bond acceptors (Lipinski definition) is 5. The number of esters is 2. The number of ether oxygens (including phenoxy) is 2. The van der Waals surface area contributed by atoms with Crippen LogP contribution < -0.4 is 4.74 Å². The van der Waals surface area contributed by atoms with Gasteiger partial charge in [0.2, 0.25) is 5.90 Å². The zero-order chi connectivity index (χ0) is 21.1. The van der Waals surface area contributed by atoms with Crippen LogP contribution in [0.3, 0.4) is 0 Å². The van der Waals surface area contributed by atoms with Gasteiger partial charge in [-0.2, -0.15) is 0 Å². The number of halogens is 1. The number of carbonyl (C=O) groups excluding carboxylic acids is 2. The highest BCUT2D eigenvalue weighted by atomic mass is 35.5. The van der Waals surface area contributed by atoms with Crippen LogP contribution in [-0.2, 0) is 9.53 Å². The quantitative estimate of drug-likeness (QED) is 0.332. The fraction of sp³-hybridized carbons (Fsp3) is 0.0417. The first kappa shape index (κ1) is 19.6. The second kappa shape index (κ2) is 8.35. The Balaban J connectivity index is 1.49. The van der Waals surface area contributed by atoms with Crippen molar-refractivity contribution in [3.8, 4) is 5.75 Å². The molecule has 0 saturated heterocycles. The molecular formula is C24H16ClNO4. The fourth-order valence-electron chi connectivity index (χ4n) is 2.81. The van der Waals surface area contributed by atoms with E-state index in [2.05, 4.69) is 4.99 Å². The van der Waals surface area contributed by atoms with Gasteiger partial charge in [-0.3, -0.25) is 0 Å². The molecule has 1 aliphatic heterocycles. The first-order valence-electron chi connectivity index (χ1n) is 9.16. The summed E-state index contributed by atoms with van der Waals surface area (Å²) in [5.41, 5.74) is 3.05. The minimum absolute atomic E-state index is 0.200. The molecule has 3 aromatic carbocycles. The first-order valence-corrected chi connectivity index (χ1v) is 9.54. The number of nitrogens with zero attached hydrogens (tertiary/aromatic N) is 1. The van der Waals surface area contributed by atoms with E-state index in [9.17, 15) is 9.59 Å². The van der Waals surface area contributed by atoms with Gasteiger partial charge in [0.15, 0.2) is 5.70 Å². The molecule has 0 saturated carbocycles. The van der Waals surface area contributed by atoms with E-state index in [1.54, 1.807) is 54.6 Å². The third kappa shape index (κ3) is 4.31. The van der Waals surface area contributed by atoms with Crippen molar-refractivity contribution in [2.75, 3.05) is 0 Å². The Hall–Kier alpha value is -3.70. The zero-order valence-corrected chi connectivity index (χ0v) is 16.7. The molecule has 0 atom stereocenters. The Morgan fingerprint density at radius 3 is 2.40 bits per heavy atom. The van der Waals surface area contributed by atoms with Crippen LogP contribution in [0.5, 0.6) is 5.75 Å². The van der Waals surface area contributed by atoms with E-state index in [-0.39, 0.29) is 17.2 Å². The van der Waals surface area contributed by atoms with Gasteiger partial charge in [-0.05, 0) is 55.0 Å². The van der Waals surface area contributed by atoms with Crippen LogP contribution >= 0.6 is 11.6 Å². The van der Waals surface area contributed by atoms with E-state index in [0.29, 0.717) is 16.3 Å². The monoisotopic (exact) mass is 417 g/mol. The predicted octanol–water partition coefficient (Wildman–Crippen LogP) is 5.21. The van der Waals surface area contributed by atoms with Crippen LogP contribution in [0.1, 0.15) is 27.0 Å². The van der Waals surface area contributed by atoms with E-state index < -0.39 is 11.9 Å². The van der Waals surface area contributed by atoms with Gasteiger partial charge >= 0.3 is 11.9 Å². The molecule has 6 heteroatoms. The summed E-state index contributed by atoms with van der Waals surface area (Å²) in [6.07, 6.45) is 1.61. The fourth-order valence-corrected chi connectivity index (χ4v) is 3.02. The van der Waals surface area contributed by atoms with Crippen molar-refractivity contribution < 1.29 is 19.1 Å². The molecule has 0 aromatic heterocycles. The molecule has 0 unspecified atom stereocenters. The van der Waals surface area contributed by atoms with E-state index >= 15 is 0 Å². The average molecular weight is 418 g/mol. The second-order valence-corrected chi connectivity index (χ2v) is 7.05. The molecule has 0 fully saturated rings. The second-order valence-electron chi connectivity index (χ2n) is 6.64. The van der Waals surface area contributed by atoms with Crippen molar-refractivity contribution in [1.29, 1.82) is 0 Å². The summed E-state index contributed by atoms with van der Waals surface area (Å²) in [5.74, 6) is -0.422. The van der Waals surface area contributed by atoms with Gasteiger partial charge in [0, 0.05) is 5.56 Å². The standard InChI is InChI=1S/C24H16ClNO4/c1-15-6-10-17(11-7-15)22-26-21(24(28)30-22)14-16-8-12-18(13-9-16)29-23(27)19-4-2-3-5-20(19)25/h2-14H,1H3/b21-14-. The van der Waals surface area contributed by atoms with Crippen LogP contribution in [0, 0.1) is 6.92 Å². The highest BCUT2D eigenvalue weighted by Crippen LogP contribution is 2.22. The maximum atomic E-state index is 12.2. The Labute approximate surface area is 178 Å². The van der Waals surface area contributed by atoms with Crippen LogP contribution in [0.25, 0.3) is 6.08 Å². The lowest BCUT2D eigenvalue weighted by molar-refractivity contribution is -0.129. The van der Waals surface area contributed by atoms with Gasteiger partial charge in [0.1, 0.15) is 5.75 Å². The van der Waals surface area contributed by atoms with Gasteiger partial charge in [-0.25, -0.2) is 14.6 Å². The summed E-state index contributed by atoms with van der Waals surface area (Å²) >= 11 is 6.02. The molecule has 5 nitrogen and oxygen atoms in total. The number of carbonyl (C=O) groups is 2. The lowest BCUT2D eigenvalue weighted by Gasteiger charge is -2.06. The highest BCUT2D eigenvalue weighted by Gasteiger charge is 2.24. The average Bonchev–Trinajstić information content (AvgIpc) is 3.10. The third-order valence-corrected chi connectivity index (χ3v) is 4.74. The maximum absolute atomic E-state index is 12.2. The number of hydrogen-bond donors (Lipinski definition) is 0. The summed E-state index contributed by atoms with van der Waals surface area (Å²) < 4.78 is 10.6. The molecule has 0 bridgehead atoms. The molecule has 4 rings (SSSR count). The molecule has 0 amide bonds. The molecule has 1 heterocycles. The Bertz CT molecular complexity index is 1180. The van der Waals surface area contributed by atoms with Gasteiger partial charge in [0.25, 0.3) is 0 Å². The minimum atomic E-state index is -0.543. The number of benzene rings is 3. The van der Waals surface area contributed by atoms with Crippen LogP contribution in [0.2, 0.25) is 5.02 Å². The maximum Gasteiger partial charge on any atom is 0.363 e. The molecule has 0 N–H and O–H groups in total. The normalized spacial score (nSPS) is 14.4. The van der Waals surface area contributed by atoms with E-state index in [0.717, 1.165) is 11.1 Å². The van der Waals surface area contributed by atoms with Crippen molar-refractivity contribution >= 4 is 35.5 Å². The molecule has 0 radical (unpaired) electrons. The Kier molecular flexibility index (Phi) is 5.46. The summed E-state index contributed by atoms with van der Waals surface area (Å²) in [7, 11) is 0. The zero-order valence-electron chi connectivity index (χ0n) is 16.0. The van der Waals surface area contributed by atoms with Crippen LogP contribution in [-0.4, -0.2) is 17.8 Å². The van der Waals surface area contributed by atoms with E-state index in [1.807, 2.05) is 31.2 Å². The minimum Gasteiger partial charge on any atom is -0.423 e. The molecular weight excluding hydrogens is 402 g/mol. The summed E-state index contributed by atoms with van der Waals surface area (Å²) in [6, 6.07) is 20.9. The highest BCUT2D eigenvalue weighted by molar-refractivity contribution is 6.33. The van der Waals surface area contributed by atoms with E-state index in [4.69, 9.17) is 21.1 Å². The molecule has 30 heavy (non-hydrogen) atoms. The van der Waals surface area contributed by atoms with Crippen LogP contribution in [0.15, 0.2) is 83.5 Å². The predicted molar refractivity (Wildman–Crippen MR) is 115 cm³/mol. The van der Waals surface area contributed by atoms with E-state index in [1.165, 1.54) is 0 Å². The first-order chi connectivity index (χ1) is 14.5. The third-order valence-electron chi connectivity index (χ3n) is 4.41. The van der Waals surface area contributed by atoms with Crippen molar-refractivity contribution in [1.82, 2.24) is 0 Å². The van der Waals surface area contributed by atoms with Gasteiger partial charge in [-0.15, -0.1) is 0 Å². The summed E-state index contributed by atoms with van der Waals surface area (Å²) in [5, 5.41) is 0.325. The summed E-state index contributed by atoms with van der Waals surface area (Å²) in [4.78, 5) is 28.7. The number of aliphatic imine (C=N–C) groups is 1. The van der Waals surface area contributed by atoms with Crippen molar-refractivity contribution in [2.45, 2.75) is 6.92 Å². The van der Waals surface area contributed by atoms with Crippen LogP contribution in [0.4, 0.5) is 0 Å². The SMILES string of the molecule is Cc1ccc(C2=N/C(=C\c3ccc(OC(=O)c4ccccc4Cl)cc3)C(=O)O2)cc1. The largest absolute Gasteiger partial charge is 0.423 e. The number of rotatable bonds is 4. The molecule has 148 valence electrons. The lowest BCUT2D eigenvalue weighted by atomic mass is 10.1. The Morgan fingerprint density at radius 1 is 1.00 bits per heavy atom. The van der Waals surface area contributed by atoms with Gasteiger partial charge in [-0.1, -0.05) is 53.6 Å². The molecule has 3 aromatic rings. The number of aryl methyl sites for hydroxylation is 1. The van der Waals surface area contributed by atoms with Gasteiger partial charge < -0.3 is 9.47 Å². The number of cyclic esters (lactones) is 1. The smallest absolute Gasteiger partial charge is 0.363 e. The molecule has 0 spiro atoms. The van der Waals surface area contributed by atoms with Crippen molar-refractivity contribution in [3.05, 3.63) is 106 Å². The van der Waals surface area contributed by atoms with Crippen molar-refractivity contribution in [3.63, 3.8) is 0 Å². The Morgan fingerprint density at radius 2 is 1.70 bits per heavy atom. The molecule has 0 aliphatic carbocycles. The summed E-state index contributed by atoms with van der Waals surface area (Å²) in [6.45, 7) is 1.98. The lowest BCUT2D eigenvalue weighted by Crippen LogP contribution is -2.08. The van der Waals surface area contributed by atoms with Crippen molar-refractivity contribution in [2.24, 2.45) is 4.99 Å². The topological polar surface area (TPSA) is 65.0 Å².